The third kappa shape index (κ3) is 6.10. The van der Waals surface area contributed by atoms with Crippen LogP contribution < -0.4 is 14.8 Å². The fraction of sp³-hybridized carbons (Fsp3) is 0.381. The highest BCUT2D eigenvalue weighted by molar-refractivity contribution is 7.98. The SMILES string of the molecule is CN=C(NCCc1ccc(OC)c(OC)c1)N(C)Cc1ccc(SC)cc1. The fourth-order valence-electron chi connectivity index (χ4n) is 2.82. The maximum absolute atomic E-state index is 5.37. The molecule has 0 spiro atoms. The van der Waals surface area contributed by atoms with Crippen molar-refractivity contribution < 1.29 is 9.47 Å². The zero-order valence-corrected chi connectivity index (χ0v) is 17.6. The standard InChI is InChI=1S/C21H29N3O2S/c1-22-21(24(2)15-17-6-9-18(27-5)10-7-17)23-13-12-16-8-11-19(25-3)20(14-16)26-4/h6-11,14H,12-13,15H2,1-5H3,(H,22,23). The van der Waals surface area contributed by atoms with Crippen LogP contribution in [-0.2, 0) is 13.0 Å². The second-order valence-corrected chi connectivity index (χ2v) is 7.00. The number of thioether (sulfide) groups is 1. The Bertz CT molecular complexity index is 748. The Kier molecular flexibility index (Phi) is 8.33. The number of nitrogens with one attached hydrogen (secondary N) is 1. The van der Waals surface area contributed by atoms with Crippen LogP contribution >= 0.6 is 11.8 Å². The van der Waals surface area contributed by atoms with Crippen LogP contribution in [0.5, 0.6) is 11.5 Å². The number of ether oxygens (including phenoxy) is 2. The summed E-state index contributed by atoms with van der Waals surface area (Å²) in [6.45, 7) is 1.60. The summed E-state index contributed by atoms with van der Waals surface area (Å²) in [5.74, 6) is 2.38. The van der Waals surface area contributed by atoms with E-state index in [0.29, 0.717) is 0 Å². The van der Waals surface area contributed by atoms with Crippen molar-refractivity contribution in [3.8, 4) is 11.5 Å². The van der Waals surface area contributed by atoms with Gasteiger partial charge in [0.2, 0.25) is 0 Å². The number of rotatable bonds is 8. The topological polar surface area (TPSA) is 46.1 Å². The van der Waals surface area contributed by atoms with Gasteiger partial charge in [0.1, 0.15) is 0 Å². The van der Waals surface area contributed by atoms with Crippen molar-refractivity contribution in [2.45, 2.75) is 17.9 Å². The van der Waals surface area contributed by atoms with Crippen LogP contribution in [0.3, 0.4) is 0 Å². The summed E-state index contributed by atoms with van der Waals surface area (Å²) in [7, 11) is 7.16. The molecule has 2 aromatic rings. The molecule has 0 unspecified atom stereocenters. The van der Waals surface area contributed by atoms with Crippen molar-refractivity contribution >= 4 is 17.7 Å². The fourth-order valence-corrected chi connectivity index (χ4v) is 3.23. The molecule has 0 atom stereocenters. The Morgan fingerprint density at radius 2 is 1.70 bits per heavy atom. The minimum Gasteiger partial charge on any atom is -0.493 e. The number of hydrogen-bond donors (Lipinski definition) is 1. The highest BCUT2D eigenvalue weighted by Crippen LogP contribution is 2.27. The Labute approximate surface area is 166 Å². The van der Waals surface area contributed by atoms with Gasteiger partial charge in [-0.3, -0.25) is 4.99 Å². The van der Waals surface area contributed by atoms with Gasteiger partial charge in [0.15, 0.2) is 17.5 Å². The van der Waals surface area contributed by atoms with Crippen molar-refractivity contribution in [2.24, 2.45) is 4.99 Å². The van der Waals surface area contributed by atoms with E-state index >= 15 is 0 Å². The maximum Gasteiger partial charge on any atom is 0.193 e. The van der Waals surface area contributed by atoms with Crippen LogP contribution in [-0.4, -0.2) is 52.0 Å². The van der Waals surface area contributed by atoms with Crippen molar-refractivity contribution in [1.29, 1.82) is 0 Å². The van der Waals surface area contributed by atoms with Crippen molar-refractivity contribution in [3.05, 3.63) is 53.6 Å². The summed E-state index contributed by atoms with van der Waals surface area (Å²) in [5.41, 5.74) is 2.45. The number of hydrogen-bond acceptors (Lipinski definition) is 4. The number of methoxy groups -OCH3 is 2. The van der Waals surface area contributed by atoms with Crippen LogP contribution in [0.1, 0.15) is 11.1 Å². The summed E-state index contributed by atoms with van der Waals surface area (Å²) in [6.07, 6.45) is 2.96. The number of nitrogens with zero attached hydrogens (tertiary/aromatic N) is 2. The quantitative estimate of drug-likeness (QED) is 0.425. The van der Waals surface area contributed by atoms with Crippen molar-refractivity contribution in [1.82, 2.24) is 10.2 Å². The molecule has 5 nitrogen and oxygen atoms in total. The first-order chi connectivity index (χ1) is 13.1. The minimum atomic E-state index is 0.747. The predicted octanol–water partition coefficient (Wildman–Crippen LogP) is 3.68. The third-order valence-electron chi connectivity index (χ3n) is 4.30. The molecule has 1 N–H and O–H groups in total. The Morgan fingerprint density at radius 1 is 1.04 bits per heavy atom. The van der Waals surface area contributed by atoms with E-state index in [2.05, 4.69) is 51.8 Å². The zero-order chi connectivity index (χ0) is 19.6. The van der Waals surface area contributed by atoms with E-state index in [4.69, 9.17) is 9.47 Å². The smallest absolute Gasteiger partial charge is 0.193 e. The van der Waals surface area contributed by atoms with Gasteiger partial charge in [0.05, 0.1) is 14.2 Å². The lowest BCUT2D eigenvalue weighted by Crippen LogP contribution is -2.39. The van der Waals surface area contributed by atoms with E-state index in [1.54, 1.807) is 26.0 Å². The Morgan fingerprint density at radius 3 is 2.30 bits per heavy atom. The van der Waals surface area contributed by atoms with Gasteiger partial charge < -0.3 is 19.7 Å². The summed E-state index contributed by atoms with van der Waals surface area (Å²) in [6, 6.07) is 14.6. The van der Waals surface area contributed by atoms with Crippen LogP contribution in [0.2, 0.25) is 0 Å². The number of aliphatic imine (C=N–C) groups is 1. The lowest BCUT2D eigenvalue weighted by Gasteiger charge is -2.22. The predicted molar refractivity (Wildman–Crippen MR) is 114 cm³/mol. The van der Waals surface area contributed by atoms with Gasteiger partial charge in [-0.2, -0.15) is 0 Å². The molecule has 2 rings (SSSR count). The van der Waals surface area contributed by atoms with Crippen LogP contribution in [0, 0.1) is 0 Å². The molecular formula is C21H29N3O2S. The molecule has 0 bridgehead atoms. The zero-order valence-electron chi connectivity index (χ0n) is 16.8. The molecule has 0 aliphatic heterocycles. The van der Waals surface area contributed by atoms with Crippen LogP contribution in [0.25, 0.3) is 0 Å². The summed E-state index contributed by atoms with van der Waals surface area (Å²) in [5, 5.41) is 3.43. The molecule has 0 saturated carbocycles. The Balaban J connectivity index is 1.89. The second kappa shape index (κ2) is 10.7. The van der Waals surface area contributed by atoms with Gasteiger partial charge in [-0.25, -0.2) is 0 Å². The van der Waals surface area contributed by atoms with E-state index in [1.165, 1.54) is 16.0 Å². The van der Waals surface area contributed by atoms with E-state index < -0.39 is 0 Å². The molecule has 0 saturated heterocycles. The molecule has 0 heterocycles. The largest absolute Gasteiger partial charge is 0.493 e. The lowest BCUT2D eigenvalue weighted by atomic mass is 10.1. The van der Waals surface area contributed by atoms with Gasteiger partial charge >= 0.3 is 0 Å². The van der Waals surface area contributed by atoms with Gasteiger partial charge in [-0.1, -0.05) is 18.2 Å². The van der Waals surface area contributed by atoms with Gasteiger partial charge in [-0.15, -0.1) is 11.8 Å². The highest BCUT2D eigenvalue weighted by atomic mass is 32.2. The molecule has 0 aromatic heterocycles. The van der Waals surface area contributed by atoms with Crippen molar-refractivity contribution in [3.63, 3.8) is 0 Å². The average molecular weight is 388 g/mol. The number of guanidine groups is 1. The molecule has 0 fully saturated rings. The second-order valence-electron chi connectivity index (χ2n) is 6.12. The first-order valence-corrected chi connectivity index (χ1v) is 10.1. The number of benzene rings is 2. The molecule has 0 radical (unpaired) electrons. The average Bonchev–Trinajstić information content (AvgIpc) is 2.71. The summed E-state index contributed by atoms with van der Waals surface area (Å²) in [4.78, 5) is 7.80. The highest BCUT2D eigenvalue weighted by Gasteiger charge is 2.08. The first-order valence-electron chi connectivity index (χ1n) is 8.87. The molecule has 2 aromatic carbocycles. The first kappa shape index (κ1) is 21.0. The molecule has 0 aliphatic rings. The molecule has 6 heteroatoms. The molecule has 0 aliphatic carbocycles. The van der Waals surface area contributed by atoms with Crippen molar-refractivity contribution in [2.75, 3.05) is 41.1 Å². The monoisotopic (exact) mass is 387 g/mol. The summed E-state index contributed by atoms with van der Waals surface area (Å²) < 4.78 is 10.7. The van der Waals surface area contributed by atoms with E-state index in [0.717, 1.165) is 37.0 Å². The lowest BCUT2D eigenvalue weighted by molar-refractivity contribution is 0.354. The van der Waals surface area contributed by atoms with Crippen LogP contribution in [0.4, 0.5) is 0 Å². The van der Waals surface area contributed by atoms with Crippen LogP contribution in [0.15, 0.2) is 52.4 Å². The van der Waals surface area contributed by atoms with Gasteiger partial charge in [0, 0.05) is 32.1 Å². The Hall–Kier alpha value is -2.34. The summed E-state index contributed by atoms with van der Waals surface area (Å²) >= 11 is 1.75. The molecule has 27 heavy (non-hydrogen) atoms. The third-order valence-corrected chi connectivity index (χ3v) is 5.04. The van der Waals surface area contributed by atoms with Gasteiger partial charge in [0.25, 0.3) is 0 Å². The molecular weight excluding hydrogens is 358 g/mol. The van der Waals surface area contributed by atoms with E-state index in [9.17, 15) is 0 Å². The molecule has 146 valence electrons. The maximum atomic E-state index is 5.37. The molecule has 0 amide bonds. The normalized spacial score (nSPS) is 11.2. The van der Waals surface area contributed by atoms with E-state index in [1.807, 2.05) is 26.2 Å². The van der Waals surface area contributed by atoms with E-state index in [-0.39, 0.29) is 0 Å². The minimum absolute atomic E-state index is 0.747. The van der Waals surface area contributed by atoms with Gasteiger partial charge in [-0.05, 0) is 48.1 Å².